The van der Waals surface area contributed by atoms with E-state index in [1.54, 1.807) is 0 Å². The number of carbonyl (C=O) groups is 2. The number of carboxylic acids is 2. The van der Waals surface area contributed by atoms with Gasteiger partial charge >= 0.3 is 11.9 Å². The Morgan fingerprint density at radius 2 is 0.944 bits per heavy atom. The van der Waals surface area contributed by atoms with Crippen LogP contribution in [0.25, 0.3) is 0 Å². The van der Waals surface area contributed by atoms with E-state index in [1.165, 1.54) is 0 Å². The molecule has 0 bridgehead atoms. The average molecular weight is 261 g/mol. The van der Waals surface area contributed by atoms with Gasteiger partial charge < -0.3 is 15.1 Å². The summed E-state index contributed by atoms with van der Waals surface area (Å²) < 4.78 is 0. The quantitative estimate of drug-likeness (QED) is 0.623. The zero-order valence-electron chi connectivity index (χ0n) is 11.8. The SMILES string of the molecule is CN(C)C.O=C(O)CCCCCCCCC(=O)O. The van der Waals surface area contributed by atoms with E-state index < -0.39 is 11.9 Å². The summed E-state index contributed by atoms with van der Waals surface area (Å²) in [6.07, 6.45) is 5.82. The van der Waals surface area contributed by atoms with E-state index in [0.717, 1.165) is 38.5 Å². The van der Waals surface area contributed by atoms with E-state index >= 15 is 0 Å². The molecule has 0 fully saturated rings. The Labute approximate surface area is 110 Å². The molecule has 2 N–H and O–H groups in total. The summed E-state index contributed by atoms with van der Waals surface area (Å²) in [4.78, 5) is 22.3. The molecule has 0 aromatic carbocycles. The Morgan fingerprint density at radius 3 is 1.17 bits per heavy atom. The van der Waals surface area contributed by atoms with Gasteiger partial charge in [-0.25, -0.2) is 0 Å². The maximum absolute atomic E-state index is 10.1. The van der Waals surface area contributed by atoms with E-state index in [0.29, 0.717) is 0 Å². The fourth-order valence-corrected chi connectivity index (χ4v) is 1.26. The van der Waals surface area contributed by atoms with Gasteiger partial charge in [0.2, 0.25) is 0 Å². The maximum atomic E-state index is 10.1. The normalized spacial score (nSPS) is 9.78. The van der Waals surface area contributed by atoms with Gasteiger partial charge in [0.05, 0.1) is 0 Å². The van der Waals surface area contributed by atoms with Crippen LogP contribution >= 0.6 is 0 Å². The van der Waals surface area contributed by atoms with E-state index in [9.17, 15) is 9.59 Å². The molecule has 0 heterocycles. The van der Waals surface area contributed by atoms with Crippen LogP contribution in [-0.2, 0) is 9.59 Å². The molecule has 5 heteroatoms. The van der Waals surface area contributed by atoms with Gasteiger partial charge in [0.25, 0.3) is 0 Å². The molecule has 0 atom stereocenters. The van der Waals surface area contributed by atoms with Gasteiger partial charge in [-0.15, -0.1) is 0 Å². The maximum Gasteiger partial charge on any atom is 0.303 e. The molecule has 108 valence electrons. The third-order valence-electron chi connectivity index (χ3n) is 2.03. The molecule has 0 saturated heterocycles. The number of unbranched alkanes of at least 4 members (excludes halogenated alkanes) is 5. The molecule has 0 rings (SSSR count). The first kappa shape index (κ1) is 19.2. The summed E-state index contributed by atoms with van der Waals surface area (Å²) in [7, 11) is 6.00. The van der Waals surface area contributed by atoms with Crippen LogP contribution in [-0.4, -0.2) is 48.2 Å². The molecule has 0 radical (unpaired) electrons. The van der Waals surface area contributed by atoms with Crippen LogP contribution in [0.5, 0.6) is 0 Å². The van der Waals surface area contributed by atoms with Gasteiger partial charge in [0.15, 0.2) is 0 Å². The van der Waals surface area contributed by atoms with Gasteiger partial charge in [-0.3, -0.25) is 9.59 Å². The average Bonchev–Trinajstić information content (AvgIpc) is 2.20. The first-order valence-electron chi connectivity index (χ1n) is 6.40. The fraction of sp³-hybridized carbons (Fsp3) is 0.846. The lowest BCUT2D eigenvalue weighted by Crippen LogP contribution is -1.99. The van der Waals surface area contributed by atoms with Crippen molar-refractivity contribution in [3.63, 3.8) is 0 Å². The Hall–Kier alpha value is -1.10. The van der Waals surface area contributed by atoms with Crippen molar-refractivity contribution in [1.82, 2.24) is 4.90 Å². The van der Waals surface area contributed by atoms with Crippen molar-refractivity contribution in [3.8, 4) is 0 Å². The van der Waals surface area contributed by atoms with E-state index in [2.05, 4.69) is 0 Å². The standard InChI is InChI=1S/C10H18O4.C3H9N/c11-9(12)7-5-3-1-2-4-6-8-10(13)14;1-4(2)3/h1-8H2,(H,11,12)(H,13,14);1-3H3. The van der Waals surface area contributed by atoms with E-state index in [1.807, 2.05) is 26.0 Å². The predicted octanol–water partition coefficient (Wildman–Crippen LogP) is 2.45. The van der Waals surface area contributed by atoms with Crippen LogP contribution in [0.2, 0.25) is 0 Å². The summed E-state index contributed by atoms with van der Waals surface area (Å²) in [6, 6.07) is 0. The van der Waals surface area contributed by atoms with Crippen LogP contribution in [0.15, 0.2) is 0 Å². The van der Waals surface area contributed by atoms with Crippen LogP contribution in [0.3, 0.4) is 0 Å². The molecular formula is C13H27NO4. The number of nitrogens with zero attached hydrogens (tertiary/aromatic N) is 1. The van der Waals surface area contributed by atoms with Gasteiger partial charge in [-0.2, -0.15) is 0 Å². The first-order valence-corrected chi connectivity index (χ1v) is 6.40. The molecule has 0 saturated carbocycles. The zero-order chi connectivity index (χ0) is 14.4. The van der Waals surface area contributed by atoms with Crippen molar-refractivity contribution in [2.24, 2.45) is 0 Å². The monoisotopic (exact) mass is 261 g/mol. The fourth-order valence-electron chi connectivity index (χ4n) is 1.26. The first-order chi connectivity index (χ1) is 8.36. The number of rotatable bonds is 9. The van der Waals surface area contributed by atoms with Crippen LogP contribution in [0, 0.1) is 0 Å². The molecular weight excluding hydrogens is 234 g/mol. The van der Waals surface area contributed by atoms with Crippen molar-refractivity contribution >= 4 is 11.9 Å². The van der Waals surface area contributed by atoms with Crippen LogP contribution < -0.4 is 0 Å². The van der Waals surface area contributed by atoms with Gasteiger partial charge in [-0.05, 0) is 34.0 Å². The minimum Gasteiger partial charge on any atom is -0.481 e. The number of aliphatic carboxylic acids is 2. The predicted molar refractivity (Wildman–Crippen MR) is 71.8 cm³/mol. The molecule has 18 heavy (non-hydrogen) atoms. The molecule has 0 unspecified atom stereocenters. The molecule has 0 amide bonds. The van der Waals surface area contributed by atoms with Crippen molar-refractivity contribution < 1.29 is 19.8 Å². The molecule has 0 spiro atoms. The third kappa shape index (κ3) is 29.4. The topological polar surface area (TPSA) is 77.8 Å². The molecule has 0 aliphatic rings. The van der Waals surface area contributed by atoms with Crippen LogP contribution in [0.4, 0.5) is 0 Å². The summed E-state index contributed by atoms with van der Waals surface area (Å²) in [5.41, 5.74) is 0. The molecule has 0 aliphatic heterocycles. The minimum atomic E-state index is -0.740. The van der Waals surface area contributed by atoms with E-state index in [4.69, 9.17) is 10.2 Å². The molecule has 0 aromatic rings. The van der Waals surface area contributed by atoms with Gasteiger partial charge in [-0.1, -0.05) is 25.7 Å². The third-order valence-corrected chi connectivity index (χ3v) is 2.03. The smallest absolute Gasteiger partial charge is 0.303 e. The van der Waals surface area contributed by atoms with Crippen molar-refractivity contribution in [1.29, 1.82) is 0 Å². The molecule has 0 aliphatic carbocycles. The Balaban J connectivity index is 0. The lowest BCUT2D eigenvalue weighted by Gasteiger charge is -1.98. The molecule has 0 aromatic heterocycles. The largest absolute Gasteiger partial charge is 0.481 e. The Kier molecular flexibility index (Phi) is 14.9. The highest BCUT2D eigenvalue weighted by Gasteiger charge is 1.98. The number of hydrogen-bond acceptors (Lipinski definition) is 3. The van der Waals surface area contributed by atoms with Crippen molar-refractivity contribution in [2.45, 2.75) is 51.4 Å². The second-order valence-electron chi connectivity index (χ2n) is 4.75. The second-order valence-corrected chi connectivity index (χ2v) is 4.75. The summed E-state index contributed by atoms with van der Waals surface area (Å²) >= 11 is 0. The van der Waals surface area contributed by atoms with Crippen molar-refractivity contribution in [2.75, 3.05) is 21.1 Å². The highest BCUT2D eigenvalue weighted by molar-refractivity contribution is 5.66. The summed E-state index contributed by atoms with van der Waals surface area (Å²) in [6.45, 7) is 0. The van der Waals surface area contributed by atoms with Gasteiger partial charge in [0.1, 0.15) is 0 Å². The van der Waals surface area contributed by atoms with Crippen LogP contribution in [0.1, 0.15) is 51.4 Å². The summed E-state index contributed by atoms with van der Waals surface area (Å²) in [5.74, 6) is -1.48. The molecule has 5 nitrogen and oxygen atoms in total. The van der Waals surface area contributed by atoms with E-state index in [-0.39, 0.29) is 12.8 Å². The number of carboxylic acid groups (broad SMARTS) is 2. The zero-order valence-corrected chi connectivity index (χ0v) is 11.8. The highest BCUT2D eigenvalue weighted by atomic mass is 16.4. The lowest BCUT2D eigenvalue weighted by atomic mass is 10.1. The van der Waals surface area contributed by atoms with Gasteiger partial charge in [0, 0.05) is 12.8 Å². The minimum absolute atomic E-state index is 0.245. The van der Waals surface area contributed by atoms with Crippen molar-refractivity contribution in [3.05, 3.63) is 0 Å². The summed E-state index contributed by atoms with van der Waals surface area (Å²) in [5, 5.41) is 16.7. The Morgan fingerprint density at radius 1 is 0.722 bits per heavy atom. The second kappa shape index (κ2) is 14.0. The highest BCUT2D eigenvalue weighted by Crippen LogP contribution is 2.08. The lowest BCUT2D eigenvalue weighted by molar-refractivity contribution is -0.138. The number of hydrogen-bond donors (Lipinski definition) is 2. The Bertz CT molecular complexity index is 194.